The summed E-state index contributed by atoms with van der Waals surface area (Å²) in [5.41, 5.74) is 0. The number of rotatable bonds is 2. The van der Waals surface area contributed by atoms with Crippen LogP contribution in [0, 0.1) is 11.8 Å². The molecule has 3 nitrogen and oxygen atoms in total. The van der Waals surface area contributed by atoms with Crippen molar-refractivity contribution in [1.82, 2.24) is 10.6 Å². The number of hydrogen-bond donors (Lipinski definition) is 2. The molecule has 2 fully saturated rings. The third-order valence-corrected chi connectivity index (χ3v) is 4.39. The normalized spacial score (nSPS) is 38.7. The molecule has 3 heteroatoms. The Kier molecular flexibility index (Phi) is 4.43. The topological polar surface area (TPSA) is 41.1 Å². The molecule has 4 unspecified atom stereocenters. The SMILES string of the molecule is CC1CCC(NC(=O)C2CCCCN2)C(C)C1. The van der Waals surface area contributed by atoms with Crippen LogP contribution in [-0.4, -0.2) is 24.5 Å². The van der Waals surface area contributed by atoms with Gasteiger partial charge in [0.15, 0.2) is 0 Å². The van der Waals surface area contributed by atoms with E-state index in [0.717, 1.165) is 25.3 Å². The van der Waals surface area contributed by atoms with Crippen molar-refractivity contribution in [2.45, 2.75) is 64.5 Å². The summed E-state index contributed by atoms with van der Waals surface area (Å²) in [6.45, 7) is 5.58. The summed E-state index contributed by atoms with van der Waals surface area (Å²) < 4.78 is 0. The highest BCUT2D eigenvalue weighted by molar-refractivity contribution is 5.82. The van der Waals surface area contributed by atoms with E-state index in [1.807, 2.05) is 0 Å². The number of carbonyl (C=O) groups is 1. The summed E-state index contributed by atoms with van der Waals surface area (Å²) in [6, 6.07) is 0.470. The smallest absolute Gasteiger partial charge is 0.237 e. The molecule has 98 valence electrons. The van der Waals surface area contributed by atoms with Crippen molar-refractivity contribution < 1.29 is 4.79 Å². The summed E-state index contributed by atoms with van der Waals surface area (Å²) in [7, 11) is 0. The van der Waals surface area contributed by atoms with Crippen molar-refractivity contribution in [3.8, 4) is 0 Å². The van der Waals surface area contributed by atoms with Crippen LogP contribution < -0.4 is 10.6 Å². The molecule has 0 aromatic carbocycles. The van der Waals surface area contributed by atoms with Gasteiger partial charge in [-0.25, -0.2) is 0 Å². The lowest BCUT2D eigenvalue weighted by Crippen LogP contribution is -2.51. The van der Waals surface area contributed by atoms with Crippen molar-refractivity contribution in [3.05, 3.63) is 0 Å². The van der Waals surface area contributed by atoms with Gasteiger partial charge in [0.2, 0.25) is 5.91 Å². The second-order valence-electron chi connectivity index (χ2n) is 6.01. The maximum absolute atomic E-state index is 12.1. The first-order valence-electron chi connectivity index (χ1n) is 7.20. The fraction of sp³-hybridized carbons (Fsp3) is 0.929. The molecule has 1 aliphatic carbocycles. The Morgan fingerprint density at radius 2 is 2.00 bits per heavy atom. The second-order valence-corrected chi connectivity index (χ2v) is 6.01. The quantitative estimate of drug-likeness (QED) is 0.773. The highest BCUT2D eigenvalue weighted by Gasteiger charge is 2.29. The zero-order valence-corrected chi connectivity index (χ0v) is 11.2. The molecule has 1 saturated heterocycles. The molecule has 1 heterocycles. The molecule has 2 rings (SSSR count). The molecule has 2 aliphatic rings. The van der Waals surface area contributed by atoms with Crippen LogP contribution in [0.25, 0.3) is 0 Å². The molecular formula is C14H26N2O. The highest BCUT2D eigenvalue weighted by atomic mass is 16.2. The predicted octanol–water partition coefficient (Wildman–Crippen LogP) is 2.07. The molecule has 1 saturated carbocycles. The average Bonchev–Trinajstić information content (AvgIpc) is 2.34. The Morgan fingerprint density at radius 1 is 1.18 bits per heavy atom. The van der Waals surface area contributed by atoms with Crippen LogP contribution in [0.4, 0.5) is 0 Å². The van der Waals surface area contributed by atoms with Crippen LogP contribution in [0.15, 0.2) is 0 Å². The van der Waals surface area contributed by atoms with Crippen LogP contribution in [0.5, 0.6) is 0 Å². The molecule has 2 N–H and O–H groups in total. The lowest BCUT2D eigenvalue weighted by Gasteiger charge is -2.34. The fourth-order valence-corrected chi connectivity index (χ4v) is 3.24. The summed E-state index contributed by atoms with van der Waals surface area (Å²) >= 11 is 0. The molecule has 0 bridgehead atoms. The van der Waals surface area contributed by atoms with Gasteiger partial charge in [-0.15, -0.1) is 0 Å². The zero-order chi connectivity index (χ0) is 12.3. The first-order valence-corrected chi connectivity index (χ1v) is 7.20. The molecule has 1 aliphatic heterocycles. The minimum atomic E-state index is 0.0651. The third-order valence-electron chi connectivity index (χ3n) is 4.39. The Labute approximate surface area is 105 Å². The van der Waals surface area contributed by atoms with Gasteiger partial charge in [-0.2, -0.15) is 0 Å². The van der Waals surface area contributed by atoms with Crippen molar-refractivity contribution >= 4 is 5.91 Å². The van der Waals surface area contributed by atoms with Gasteiger partial charge in [-0.3, -0.25) is 4.79 Å². The number of piperidine rings is 1. The minimum absolute atomic E-state index is 0.0651. The van der Waals surface area contributed by atoms with Gasteiger partial charge >= 0.3 is 0 Å². The maximum atomic E-state index is 12.1. The van der Waals surface area contributed by atoms with Crippen LogP contribution in [-0.2, 0) is 4.79 Å². The first-order chi connectivity index (χ1) is 8.16. The van der Waals surface area contributed by atoms with Gasteiger partial charge in [-0.1, -0.05) is 20.3 Å². The van der Waals surface area contributed by atoms with Crippen LogP contribution >= 0.6 is 0 Å². The molecule has 1 amide bonds. The van der Waals surface area contributed by atoms with E-state index < -0.39 is 0 Å². The third kappa shape index (κ3) is 3.44. The molecule has 0 aromatic rings. The molecule has 0 radical (unpaired) electrons. The Morgan fingerprint density at radius 3 is 2.65 bits per heavy atom. The fourth-order valence-electron chi connectivity index (χ4n) is 3.24. The van der Waals surface area contributed by atoms with Crippen LogP contribution in [0.2, 0.25) is 0 Å². The minimum Gasteiger partial charge on any atom is -0.352 e. The predicted molar refractivity (Wildman–Crippen MR) is 69.8 cm³/mol. The lowest BCUT2D eigenvalue weighted by atomic mass is 9.80. The number of hydrogen-bond acceptors (Lipinski definition) is 2. The van der Waals surface area contributed by atoms with Crippen LogP contribution in [0.3, 0.4) is 0 Å². The number of amides is 1. The molecule has 4 atom stereocenters. The Bertz CT molecular complexity index is 261. The van der Waals surface area contributed by atoms with Gasteiger partial charge in [0, 0.05) is 6.04 Å². The average molecular weight is 238 g/mol. The van der Waals surface area contributed by atoms with E-state index in [4.69, 9.17) is 0 Å². The summed E-state index contributed by atoms with van der Waals surface area (Å²) in [4.78, 5) is 12.1. The molecule has 0 spiro atoms. The number of carbonyl (C=O) groups excluding carboxylic acids is 1. The van der Waals surface area contributed by atoms with Crippen molar-refractivity contribution in [3.63, 3.8) is 0 Å². The summed E-state index contributed by atoms with van der Waals surface area (Å²) in [5, 5.41) is 6.58. The first kappa shape index (κ1) is 12.9. The van der Waals surface area contributed by atoms with Crippen molar-refractivity contribution in [2.75, 3.05) is 6.54 Å². The second kappa shape index (κ2) is 5.85. The van der Waals surface area contributed by atoms with E-state index in [1.165, 1.54) is 25.7 Å². The highest BCUT2D eigenvalue weighted by Crippen LogP contribution is 2.28. The van der Waals surface area contributed by atoms with E-state index in [-0.39, 0.29) is 11.9 Å². The monoisotopic (exact) mass is 238 g/mol. The Balaban J connectivity index is 1.81. The lowest BCUT2D eigenvalue weighted by molar-refractivity contribution is -0.125. The van der Waals surface area contributed by atoms with Gasteiger partial charge in [0.05, 0.1) is 6.04 Å². The molecular weight excluding hydrogens is 212 g/mol. The van der Waals surface area contributed by atoms with Crippen LogP contribution in [0.1, 0.15) is 52.4 Å². The van der Waals surface area contributed by atoms with Gasteiger partial charge in [-0.05, 0) is 50.5 Å². The summed E-state index contributed by atoms with van der Waals surface area (Å²) in [6.07, 6.45) is 7.06. The summed E-state index contributed by atoms with van der Waals surface area (Å²) in [5.74, 6) is 1.69. The maximum Gasteiger partial charge on any atom is 0.237 e. The molecule has 17 heavy (non-hydrogen) atoms. The van der Waals surface area contributed by atoms with Gasteiger partial charge in [0.25, 0.3) is 0 Å². The zero-order valence-electron chi connectivity index (χ0n) is 11.2. The van der Waals surface area contributed by atoms with Crippen molar-refractivity contribution in [1.29, 1.82) is 0 Å². The van der Waals surface area contributed by atoms with E-state index in [0.29, 0.717) is 12.0 Å². The van der Waals surface area contributed by atoms with Crippen molar-refractivity contribution in [2.24, 2.45) is 11.8 Å². The largest absolute Gasteiger partial charge is 0.352 e. The van der Waals surface area contributed by atoms with E-state index in [1.54, 1.807) is 0 Å². The molecule has 0 aromatic heterocycles. The van der Waals surface area contributed by atoms with Gasteiger partial charge in [0.1, 0.15) is 0 Å². The van der Waals surface area contributed by atoms with E-state index in [2.05, 4.69) is 24.5 Å². The Hall–Kier alpha value is -0.570. The standard InChI is InChI=1S/C14H26N2O/c1-10-6-7-12(11(2)9-10)16-14(17)13-5-3-4-8-15-13/h10-13,15H,3-9H2,1-2H3,(H,16,17). The van der Waals surface area contributed by atoms with E-state index >= 15 is 0 Å². The van der Waals surface area contributed by atoms with Gasteiger partial charge < -0.3 is 10.6 Å². The number of nitrogens with one attached hydrogen (secondary N) is 2. The van der Waals surface area contributed by atoms with E-state index in [9.17, 15) is 4.79 Å².